The van der Waals surface area contributed by atoms with Gasteiger partial charge in [-0.25, -0.2) is 8.42 Å². The van der Waals surface area contributed by atoms with Crippen molar-refractivity contribution < 1.29 is 73.6 Å². The summed E-state index contributed by atoms with van der Waals surface area (Å²) in [6.07, 6.45) is 2.66. The number of carbonyl (C=O) groups is 2. The molecule has 6 aromatic rings. The molecule has 0 fully saturated rings. The van der Waals surface area contributed by atoms with Crippen LogP contribution in [-0.2, 0) is 20.7 Å². The number of hydrogen-bond donors (Lipinski definition) is 0. The predicted molar refractivity (Wildman–Crippen MR) is 306 cm³/mol. The van der Waals surface area contributed by atoms with E-state index >= 15 is 8.42 Å². The third-order valence-electron chi connectivity index (χ3n) is 12.4. The van der Waals surface area contributed by atoms with Gasteiger partial charge in [0.25, 0.3) is 0 Å². The molecule has 0 unspecified atom stereocenters. The van der Waals surface area contributed by atoms with Crippen LogP contribution in [0.2, 0.25) is 0 Å². The molecule has 0 atom stereocenters. The standard InChI is InChI=1S/C60H72O16P2S/c1-57(2,3)37-59(7,8)41-19-25-49(75-77(71-45-23-17-39(35-61)29-51(45)67-13)72-46-24-18-40(36-62)30-52(46)68-14)55(31-41)79(63,64)56-32-42(60(9,10)38-58(4,5)6)20-26-50(56)76-78(73-47-27-21-43(65-11)33-53(47)69-15)74-48-28-22-44(66-12)34-54(48)70-16/h17-36H,37-38H2,1-16H3. The molecule has 0 aliphatic rings. The van der Waals surface area contributed by atoms with Gasteiger partial charge in [-0.2, -0.15) is 0 Å². The molecule has 0 radical (unpaired) electrons. The lowest BCUT2D eigenvalue weighted by Gasteiger charge is -2.34. The van der Waals surface area contributed by atoms with Crippen LogP contribution in [0.1, 0.15) is 114 Å². The van der Waals surface area contributed by atoms with Crippen molar-refractivity contribution in [3.05, 3.63) is 131 Å². The van der Waals surface area contributed by atoms with Gasteiger partial charge in [-0.3, -0.25) is 9.59 Å². The van der Waals surface area contributed by atoms with Crippen molar-refractivity contribution in [2.75, 3.05) is 42.7 Å². The summed E-state index contributed by atoms with van der Waals surface area (Å²) in [6, 6.07) is 28.9. The van der Waals surface area contributed by atoms with Gasteiger partial charge in [0.1, 0.15) is 45.4 Å². The molecule has 16 nitrogen and oxygen atoms in total. The summed E-state index contributed by atoms with van der Waals surface area (Å²) in [4.78, 5) is 23.2. The summed E-state index contributed by atoms with van der Waals surface area (Å²) < 4.78 is 106. The average Bonchev–Trinajstić information content (AvgIpc) is 3.59. The van der Waals surface area contributed by atoms with Gasteiger partial charge in [-0.05, 0) is 131 Å². The molecule has 0 aliphatic carbocycles. The first-order valence-corrected chi connectivity index (χ1v) is 28.8. The summed E-state index contributed by atoms with van der Waals surface area (Å²) in [5.41, 5.74) is 0.505. The van der Waals surface area contributed by atoms with E-state index in [1.807, 2.05) is 12.1 Å². The minimum atomic E-state index is -4.78. The van der Waals surface area contributed by atoms with E-state index in [1.54, 1.807) is 60.7 Å². The largest absolute Gasteiger partial charge is 0.530 e. The second-order valence-electron chi connectivity index (χ2n) is 22.2. The highest BCUT2D eigenvalue weighted by Crippen LogP contribution is 2.53. The Morgan fingerprint density at radius 1 is 0.367 bits per heavy atom. The Kier molecular flexibility index (Phi) is 19.8. The van der Waals surface area contributed by atoms with E-state index in [0.29, 0.717) is 59.2 Å². The van der Waals surface area contributed by atoms with Gasteiger partial charge in [0.15, 0.2) is 46.0 Å². The lowest BCUT2D eigenvalue weighted by Crippen LogP contribution is -2.25. The molecule has 0 saturated heterocycles. The van der Waals surface area contributed by atoms with Crippen molar-refractivity contribution in [3.63, 3.8) is 0 Å². The molecule has 424 valence electrons. The van der Waals surface area contributed by atoms with Crippen molar-refractivity contribution in [3.8, 4) is 69.0 Å². The molecular formula is C60H72O16P2S. The minimum Gasteiger partial charge on any atom is -0.497 e. The highest BCUT2D eigenvalue weighted by Gasteiger charge is 2.38. The van der Waals surface area contributed by atoms with Crippen molar-refractivity contribution in [1.29, 1.82) is 0 Å². The number of rotatable bonds is 26. The first-order valence-electron chi connectivity index (χ1n) is 25.1. The van der Waals surface area contributed by atoms with Crippen molar-refractivity contribution in [1.82, 2.24) is 0 Å². The minimum absolute atomic E-state index is 0.106. The molecule has 0 aliphatic heterocycles. The van der Waals surface area contributed by atoms with E-state index in [1.165, 1.54) is 79.1 Å². The zero-order chi connectivity index (χ0) is 58.1. The summed E-state index contributed by atoms with van der Waals surface area (Å²) in [5.74, 6) is 2.19. The molecule has 6 rings (SSSR count). The number of carbonyl (C=O) groups excluding carboxylic acids is 2. The number of aldehydes is 2. The molecule has 0 N–H and O–H groups in total. The maximum absolute atomic E-state index is 16.4. The van der Waals surface area contributed by atoms with Crippen LogP contribution in [0, 0.1) is 10.8 Å². The smallest absolute Gasteiger partial charge is 0.497 e. The molecule has 6 aromatic carbocycles. The van der Waals surface area contributed by atoms with Crippen LogP contribution in [0.15, 0.2) is 119 Å². The van der Waals surface area contributed by atoms with E-state index in [2.05, 4.69) is 69.2 Å². The Balaban J connectivity index is 1.62. The zero-order valence-electron chi connectivity index (χ0n) is 47.8. The number of methoxy groups -OCH3 is 6. The van der Waals surface area contributed by atoms with Crippen LogP contribution in [0.3, 0.4) is 0 Å². The fourth-order valence-corrected chi connectivity index (χ4v) is 13.1. The van der Waals surface area contributed by atoms with Crippen LogP contribution in [0.25, 0.3) is 0 Å². The normalized spacial score (nSPS) is 12.1. The Morgan fingerprint density at radius 3 is 0.949 bits per heavy atom. The summed E-state index contributed by atoms with van der Waals surface area (Å²) in [5, 5.41) is 0. The maximum Gasteiger partial charge on any atom is 0.530 e. The topological polar surface area (TPSA) is 179 Å². The monoisotopic (exact) mass is 1140 g/mol. The van der Waals surface area contributed by atoms with Crippen LogP contribution < -0.4 is 55.6 Å². The van der Waals surface area contributed by atoms with Crippen LogP contribution in [-0.4, -0.2) is 63.6 Å². The van der Waals surface area contributed by atoms with Crippen molar-refractivity contribution in [2.45, 2.75) is 103 Å². The molecule has 0 spiro atoms. The number of benzene rings is 6. The fourth-order valence-electron chi connectivity index (χ4n) is 9.36. The summed E-state index contributed by atoms with van der Waals surface area (Å²) in [6.45, 7) is 21.0. The molecule has 79 heavy (non-hydrogen) atoms. The van der Waals surface area contributed by atoms with E-state index in [9.17, 15) is 9.59 Å². The highest BCUT2D eigenvalue weighted by atomic mass is 32.2. The Morgan fingerprint density at radius 2 is 0.658 bits per heavy atom. The number of hydrogen-bond acceptors (Lipinski definition) is 16. The van der Waals surface area contributed by atoms with Gasteiger partial charge in [0, 0.05) is 23.3 Å². The fraction of sp³-hybridized carbons (Fsp3) is 0.367. The first-order chi connectivity index (χ1) is 37.2. The van der Waals surface area contributed by atoms with Crippen molar-refractivity contribution in [2.24, 2.45) is 10.8 Å². The molecule has 0 heterocycles. The SMILES string of the molecule is COc1ccc(OP(Oc2ccc(OC)cc2OC)Oc2ccc(C(C)(C)CC(C)(C)C)cc2S(=O)(=O)c2cc(C(C)(C)CC(C)(C)C)ccc2OP(Oc2ccc(C=O)cc2OC)Oc2ccc(C=O)cc2OC)c(OC)c1. The lowest BCUT2D eigenvalue weighted by molar-refractivity contribution is 0.111. The van der Waals surface area contributed by atoms with Crippen LogP contribution in [0.5, 0.6) is 69.0 Å². The van der Waals surface area contributed by atoms with E-state index in [4.69, 9.17) is 55.6 Å². The molecule has 0 amide bonds. The molecular weight excluding hydrogens is 1070 g/mol. The molecule has 0 saturated carbocycles. The van der Waals surface area contributed by atoms with E-state index < -0.39 is 37.9 Å². The number of sulfone groups is 1. The van der Waals surface area contributed by atoms with Crippen molar-refractivity contribution >= 4 is 39.6 Å². The molecule has 0 aromatic heterocycles. The Hall–Kier alpha value is -6.93. The van der Waals surface area contributed by atoms with Gasteiger partial charge in [-0.1, -0.05) is 81.4 Å². The zero-order valence-corrected chi connectivity index (χ0v) is 50.4. The third-order valence-corrected chi connectivity index (χ3v) is 16.3. The van der Waals surface area contributed by atoms with Gasteiger partial charge in [0.05, 0.1) is 42.7 Å². The third kappa shape index (κ3) is 15.7. The maximum atomic E-state index is 16.4. The van der Waals surface area contributed by atoms with Crippen LogP contribution in [0.4, 0.5) is 0 Å². The van der Waals surface area contributed by atoms with Gasteiger partial charge >= 0.3 is 17.2 Å². The summed E-state index contributed by atoms with van der Waals surface area (Å²) in [7, 11) is -1.31. The van der Waals surface area contributed by atoms with Crippen LogP contribution >= 0.6 is 17.2 Å². The Bertz CT molecular complexity index is 3100. The second-order valence-corrected chi connectivity index (χ2v) is 26.0. The predicted octanol–water partition coefficient (Wildman–Crippen LogP) is 15.2. The lowest BCUT2D eigenvalue weighted by atomic mass is 9.72. The molecule has 0 bridgehead atoms. The van der Waals surface area contributed by atoms with Gasteiger partial charge < -0.3 is 55.6 Å². The quantitative estimate of drug-likeness (QED) is 0.0369. The van der Waals surface area contributed by atoms with E-state index in [-0.39, 0.29) is 78.1 Å². The van der Waals surface area contributed by atoms with E-state index in [0.717, 1.165) is 0 Å². The van der Waals surface area contributed by atoms with Gasteiger partial charge in [-0.15, -0.1) is 0 Å². The second kappa shape index (κ2) is 25.5. The average molecular weight is 1140 g/mol. The Labute approximate surface area is 467 Å². The molecule has 19 heteroatoms. The highest BCUT2D eigenvalue weighted by molar-refractivity contribution is 7.91. The first kappa shape index (κ1) is 61.3. The van der Waals surface area contributed by atoms with Gasteiger partial charge in [0.2, 0.25) is 9.84 Å². The summed E-state index contributed by atoms with van der Waals surface area (Å²) >= 11 is 0. The number of ether oxygens (including phenoxy) is 6.